The molecule has 1 unspecified atom stereocenters. The molecule has 0 bridgehead atoms. The second-order valence-electron chi connectivity index (χ2n) is 7.57. The highest BCUT2D eigenvalue weighted by molar-refractivity contribution is 7.89. The van der Waals surface area contributed by atoms with Crippen LogP contribution in [0.4, 0.5) is 0 Å². The van der Waals surface area contributed by atoms with Gasteiger partial charge < -0.3 is 4.74 Å². The summed E-state index contributed by atoms with van der Waals surface area (Å²) in [5.41, 5.74) is 2.87. The Kier molecular flexibility index (Phi) is 6.43. The molecule has 2 aromatic rings. The maximum absolute atomic E-state index is 13.3. The molecule has 2 aromatic carbocycles. The van der Waals surface area contributed by atoms with E-state index in [1.165, 1.54) is 5.56 Å². The number of aryl methyl sites for hydroxylation is 2. The summed E-state index contributed by atoms with van der Waals surface area (Å²) in [5.74, 6) is 0.718. The van der Waals surface area contributed by atoms with Crippen LogP contribution in [-0.4, -0.2) is 57.0 Å². The molecule has 1 atom stereocenters. The fourth-order valence-corrected chi connectivity index (χ4v) is 5.63. The Morgan fingerprint density at radius 1 is 1.07 bits per heavy atom. The van der Waals surface area contributed by atoms with E-state index < -0.39 is 10.0 Å². The van der Waals surface area contributed by atoms with Gasteiger partial charge in [0.15, 0.2) is 0 Å². The summed E-state index contributed by atoms with van der Waals surface area (Å²) in [7, 11) is -1.91. The van der Waals surface area contributed by atoms with Crippen LogP contribution in [-0.2, 0) is 16.4 Å². The second-order valence-corrected chi connectivity index (χ2v) is 9.48. The third-order valence-corrected chi connectivity index (χ3v) is 7.58. The number of hydrogen-bond acceptors (Lipinski definition) is 4. The largest absolute Gasteiger partial charge is 0.496 e. The van der Waals surface area contributed by atoms with E-state index in [1.807, 2.05) is 26.0 Å². The first-order chi connectivity index (χ1) is 13.3. The summed E-state index contributed by atoms with van der Waals surface area (Å²) in [4.78, 5) is 2.77. The summed E-state index contributed by atoms with van der Waals surface area (Å²) in [5, 5.41) is 0. The fraction of sp³-hybridized carbons (Fsp3) is 0.455. The van der Waals surface area contributed by atoms with E-state index in [2.05, 4.69) is 36.1 Å². The van der Waals surface area contributed by atoms with Gasteiger partial charge in [0.1, 0.15) is 5.75 Å². The smallest absolute Gasteiger partial charge is 0.243 e. The Hall–Kier alpha value is -1.89. The van der Waals surface area contributed by atoms with Crippen molar-refractivity contribution in [1.29, 1.82) is 0 Å². The van der Waals surface area contributed by atoms with Crippen LogP contribution >= 0.6 is 0 Å². The number of rotatable bonds is 6. The molecule has 1 saturated heterocycles. The first kappa shape index (κ1) is 20.8. The van der Waals surface area contributed by atoms with Gasteiger partial charge in [0.25, 0.3) is 0 Å². The molecular weight excluding hydrogens is 372 g/mol. The van der Waals surface area contributed by atoms with Crippen LogP contribution in [0.15, 0.2) is 47.4 Å². The van der Waals surface area contributed by atoms with E-state index >= 15 is 0 Å². The zero-order valence-corrected chi connectivity index (χ0v) is 18.0. The van der Waals surface area contributed by atoms with Crippen molar-refractivity contribution >= 4 is 10.0 Å². The Balaban J connectivity index is 1.70. The van der Waals surface area contributed by atoms with Crippen LogP contribution < -0.4 is 4.74 Å². The lowest BCUT2D eigenvalue weighted by molar-refractivity contribution is 0.130. The van der Waals surface area contributed by atoms with E-state index in [0.29, 0.717) is 18.0 Å². The highest BCUT2D eigenvalue weighted by atomic mass is 32.2. The molecule has 0 amide bonds. The Morgan fingerprint density at radius 3 is 2.43 bits per heavy atom. The molecule has 0 radical (unpaired) electrons. The average Bonchev–Trinajstić information content (AvgIpc) is 2.69. The molecule has 1 aliphatic heterocycles. The van der Waals surface area contributed by atoms with E-state index in [9.17, 15) is 8.42 Å². The summed E-state index contributed by atoms with van der Waals surface area (Å²) in [6, 6.07) is 14.1. The fourth-order valence-electron chi connectivity index (χ4n) is 3.83. The molecule has 0 N–H and O–H groups in total. The van der Waals surface area contributed by atoms with Crippen LogP contribution in [0.5, 0.6) is 5.75 Å². The van der Waals surface area contributed by atoms with Gasteiger partial charge in [0.05, 0.1) is 12.0 Å². The van der Waals surface area contributed by atoms with Gasteiger partial charge in [-0.3, -0.25) is 4.90 Å². The molecule has 1 fully saturated rings. The number of methoxy groups -OCH3 is 1. The van der Waals surface area contributed by atoms with Gasteiger partial charge in [-0.1, -0.05) is 30.3 Å². The standard InChI is InChI=1S/C22H30N2O3S/c1-17-15-22(18(2)14-21(17)27-4)28(25,26)24-13-12-23(19(3)16-24)11-10-20-8-6-5-7-9-20/h5-9,14-15,19H,10-13,16H2,1-4H3. The van der Waals surface area contributed by atoms with Gasteiger partial charge >= 0.3 is 0 Å². The van der Waals surface area contributed by atoms with Crippen LogP contribution in [0.25, 0.3) is 0 Å². The van der Waals surface area contributed by atoms with Crippen LogP contribution in [0.2, 0.25) is 0 Å². The van der Waals surface area contributed by atoms with Crippen LogP contribution in [0.3, 0.4) is 0 Å². The van der Waals surface area contributed by atoms with Crippen molar-refractivity contribution in [3.05, 3.63) is 59.2 Å². The number of sulfonamides is 1. The lowest BCUT2D eigenvalue weighted by Crippen LogP contribution is -2.53. The van der Waals surface area contributed by atoms with E-state index in [4.69, 9.17) is 4.74 Å². The molecule has 1 aliphatic rings. The molecule has 5 nitrogen and oxygen atoms in total. The molecule has 3 rings (SSSR count). The van der Waals surface area contributed by atoms with E-state index in [-0.39, 0.29) is 6.04 Å². The molecule has 6 heteroatoms. The molecule has 1 heterocycles. The van der Waals surface area contributed by atoms with Crippen molar-refractivity contribution in [2.75, 3.05) is 33.3 Å². The number of nitrogens with zero attached hydrogens (tertiary/aromatic N) is 2. The van der Waals surface area contributed by atoms with E-state index in [1.54, 1.807) is 17.5 Å². The van der Waals surface area contributed by atoms with Gasteiger partial charge in [0, 0.05) is 32.2 Å². The lowest BCUT2D eigenvalue weighted by Gasteiger charge is -2.39. The van der Waals surface area contributed by atoms with E-state index in [0.717, 1.165) is 36.4 Å². The molecule has 0 aliphatic carbocycles. The summed E-state index contributed by atoms with van der Waals surface area (Å²) in [6.45, 7) is 8.55. The zero-order chi connectivity index (χ0) is 20.3. The van der Waals surface area contributed by atoms with Crippen molar-refractivity contribution in [2.24, 2.45) is 0 Å². The third kappa shape index (κ3) is 4.40. The van der Waals surface area contributed by atoms with Crippen molar-refractivity contribution in [1.82, 2.24) is 9.21 Å². The number of ether oxygens (including phenoxy) is 1. The SMILES string of the molecule is COc1cc(C)c(S(=O)(=O)N2CCN(CCc3ccccc3)C(C)C2)cc1C. The molecule has 152 valence electrons. The zero-order valence-electron chi connectivity index (χ0n) is 17.2. The number of piperazine rings is 1. The van der Waals surface area contributed by atoms with Gasteiger partial charge in [-0.2, -0.15) is 4.31 Å². The first-order valence-corrected chi connectivity index (χ1v) is 11.2. The first-order valence-electron chi connectivity index (χ1n) is 9.76. The topological polar surface area (TPSA) is 49.9 Å². The highest BCUT2D eigenvalue weighted by Gasteiger charge is 2.33. The van der Waals surface area contributed by atoms with Crippen molar-refractivity contribution in [3.8, 4) is 5.75 Å². The Labute approximate surface area is 169 Å². The number of benzene rings is 2. The molecular formula is C22H30N2O3S. The molecule has 0 saturated carbocycles. The average molecular weight is 403 g/mol. The van der Waals surface area contributed by atoms with Crippen molar-refractivity contribution < 1.29 is 13.2 Å². The minimum absolute atomic E-state index is 0.187. The van der Waals surface area contributed by atoms with Gasteiger partial charge in [0.2, 0.25) is 10.0 Å². The lowest BCUT2D eigenvalue weighted by atomic mass is 10.1. The van der Waals surface area contributed by atoms with Crippen molar-refractivity contribution in [2.45, 2.75) is 38.1 Å². The number of hydrogen-bond donors (Lipinski definition) is 0. The normalized spacial score (nSPS) is 18.9. The maximum Gasteiger partial charge on any atom is 0.243 e. The Bertz CT molecular complexity index is 913. The minimum atomic E-state index is -3.51. The van der Waals surface area contributed by atoms with Crippen LogP contribution in [0.1, 0.15) is 23.6 Å². The predicted octanol–water partition coefficient (Wildman–Crippen LogP) is 3.25. The summed E-state index contributed by atoms with van der Waals surface area (Å²) < 4.78 is 33.5. The van der Waals surface area contributed by atoms with Crippen LogP contribution in [0, 0.1) is 13.8 Å². The summed E-state index contributed by atoms with van der Waals surface area (Å²) in [6.07, 6.45) is 0.981. The molecule has 0 aromatic heterocycles. The van der Waals surface area contributed by atoms with Crippen molar-refractivity contribution in [3.63, 3.8) is 0 Å². The third-order valence-electron chi connectivity index (χ3n) is 5.57. The quantitative estimate of drug-likeness (QED) is 0.744. The molecule has 28 heavy (non-hydrogen) atoms. The predicted molar refractivity (Wildman–Crippen MR) is 112 cm³/mol. The molecule has 0 spiro atoms. The minimum Gasteiger partial charge on any atom is -0.496 e. The summed E-state index contributed by atoms with van der Waals surface area (Å²) >= 11 is 0. The monoisotopic (exact) mass is 402 g/mol. The maximum atomic E-state index is 13.3. The van der Waals surface area contributed by atoms with Gasteiger partial charge in [-0.25, -0.2) is 8.42 Å². The van der Waals surface area contributed by atoms with Gasteiger partial charge in [-0.15, -0.1) is 0 Å². The Morgan fingerprint density at radius 2 is 1.79 bits per heavy atom. The highest BCUT2D eigenvalue weighted by Crippen LogP contribution is 2.29. The van der Waals surface area contributed by atoms with Gasteiger partial charge in [-0.05, 0) is 56.0 Å². The second kappa shape index (κ2) is 8.64.